The van der Waals surface area contributed by atoms with Gasteiger partial charge in [0.05, 0.1) is 25.8 Å². The Morgan fingerprint density at radius 3 is 3.00 bits per heavy atom. The average Bonchev–Trinajstić information content (AvgIpc) is 3.07. The molecule has 1 N–H and O–H groups in total. The Bertz CT molecular complexity index is 656. The highest BCUT2D eigenvalue weighted by Gasteiger charge is 2.25. The van der Waals surface area contributed by atoms with Crippen LogP contribution in [0.25, 0.3) is 0 Å². The number of rotatable bonds is 5. The van der Waals surface area contributed by atoms with Gasteiger partial charge in [-0.2, -0.15) is 0 Å². The summed E-state index contributed by atoms with van der Waals surface area (Å²) in [7, 11) is 0. The van der Waals surface area contributed by atoms with E-state index in [9.17, 15) is 4.79 Å². The van der Waals surface area contributed by atoms with Crippen molar-refractivity contribution in [1.29, 1.82) is 0 Å². The van der Waals surface area contributed by atoms with E-state index in [4.69, 9.17) is 4.74 Å². The topological polar surface area (TPSA) is 59.4 Å². The van der Waals surface area contributed by atoms with E-state index in [1.807, 2.05) is 29.3 Å². The molecule has 3 rings (SSSR count). The van der Waals surface area contributed by atoms with Crippen LogP contribution in [0.1, 0.15) is 24.7 Å². The van der Waals surface area contributed by atoms with Crippen molar-refractivity contribution in [3.63, 3.8) is 0 Å². The zero-order valence-electron chi connectivity index (χ0n) is 14.0. The molecule has 2 aromatic rings. The third kappa shape index (κ3) is 3.94. The SMILES string of the molecule is CC[C@H]1COCCN1C(=O)NCc1nccn1Cc1ccccc1. The number of morpholine rings is 1. The van der Waals surface area contributed by atoms with Crippen LogP contribution in [0.15, 0.2) is 42.7 Å². The van der Waals surface area contributed by atoms with Gasteiger partial charge in [0.15, 0.2) is 0 Å². The molecular formula is C18H24N4O2. The van der Waals surface area contributed by atoms with Crippen LogP contribution in [0, 0.1) is 0 Å². The summed E-state index contributed by atoms with van der Waals surface area (Å²) < 4.78 is 7.51. The van der Waals surface area contributed by atoms with E-state index < -0.39 is 0 Å². The zero-order chi connectivity index (χ0) is 16.8. The number of nitrogens with zero attached hydrogens (tertiary/aromatic N) is 3. The van der Waals surface area contributed by atoms with E-state index in [1.54, 1.807) is 6.20 Å². The van der Waals surface area contributed by atoms with Gasteiger partial charge in [0.1, 0.15) is 5.82 Å². The lowest BCUT2D eigenvalue weighted by atomic mass is 10.2. The first-order valence-electron chi connectivity index (χ1n) is 8.44. The molecule has 6 nitrogen and oxygen atoms in total. The van der Waals surface area contributed by atoms with Crippen LogP contribution in [0.3, 0.4) is 0 Å². The number of hydrogen-bond donors (Lipinski definition) is 1. The molecule has 1 aliphatic heterocycles. The highest BCUT2D eigenvalue weighted by atomic mass is 16.5. The van der Waals surface area contributed by atoms with Crippen molar-refractivity contribution >= 4 is 6.03 Å². The second-order valence-electron chi connectivity index (χ2n) is 5.95. The first-order chi connectivity index (χ1) is 11.8. The van der Waals surface area contributed by atoms with E-state index in [0.717, 1.165) is 18.8 Å². The summed E-state index contributed by atoms with van der Waals surface area (Å²) in [5.41, 5.74) is 1.21. The van der Waals surface area contributed by atoms with Gasteiger partial charge in [-0.25, -0.2) is 9.78 Å². The maximum absolute atomic E-state index is 12.5. The lowest BCUT2D eigenvalue weighted by Gasteiger charge is -2.35. The summed E-state index contributed by atoms with van der Waals surface area (Å²) in [6, 6.07) is 10.3. The summed E-state index contributed by atoms with van der Waals surface area (Å²) in [6.07, 6.45) is 4.61. The molecule has 0 unspecified atom stereocenters. The van der Waals surface area contributed by atoms with Gasteiger partial charge in [-0.1, -0.05) is 37.3 Å². The van der Waals surface area contributed by atoms with E-state index in [2.05, 4.69) is 33.9 Å². The van der Waals surface area contributed by atoms with Gasteiger partial charge < -0.3 is 19.5 Å². The fourth-order valence-electron chi connectivity index (χ4n) is 2.95. The Kier molecular flexibility index (Phi) is 5.48. The smallest absolute Gasteiger partial charge is 0.318 e. The van der Waals surface area contributed by atoms with Crippen molar-refractivity contribution in [2.24, 2.45) is 0 Å². The van der Waals surface area contributed by atoms with Crippen LogP contribution >= 0.6 is 0 Å². The van der Waals surface area contributed by atoms with Crippen molar-refractivity contribution in [2.75, 3.05) is 19.8 Å². The largest absolute Gasteiger partial charge is 0.377 e. The number of amides is 2. The molecule has 1 atom stereocenters. The number of aromatic nitrogens is 2. The van der Waals surface area contributed by atoms with Crippen molar-refractivity contribution in [1.82, 2.24) is 19.8 Å². The fourth-order valence-corrected chi connectivity index (χ4v) is 2.95. The van der Waals surface area contributed by atoms with Gasteiger partial charge in [0.2, 0.25) is 0 Å². The third-order valence-electron chi connectivity index (χ3n) is 4.35. The van der Waals surface area contributed by atoms with Gasteiger partial charge in [-0.3, -0.25) is 0 Å². The molecule has 0 bridgehead atoms. The molecule has 1 saturated heterocycles. The van der Waals surface area contributed by atoms with Crippen LogP contribution in [0.5, 0.6) is 0 Å². The zero-order valence-corrected chi connectivity index (χ0v) is 14.0. The first kappa shape index (κ1) is 16.5. The number of hydrogen-bond acceptors (Lipinski definition) is 3. The molecule has 1 aromatic heterocycles. The molecule has 0 spiro atoms. The lowest BCUT2D eigenvalue weighted by Crippen LogP contribution is -2.52. The monoisotopic (exact) mass is 328 g/mol. The first-order valence-corrected chi connectivity index (χ1v) is 8.44. The minimum Gasteiger partial charge on any atom is -0.377 e. The van der Waals surface area contributed by atoms with Gasteiger partial charge in [-0.15, -0.1) is 0 Å². The van der Waals surface area contributed by atoms with Crippen molar-refractivity contribution in [3.8, 4) is 0 Å². The van der Waals surface area contributed by atoms with Crippen LogP contribution in [0.2, 0.25) is 0 Å². The number of benzene rings is 1. The third-order valence-corrected chi connectivity index (χ3v) is 4.35. The standard InChI is InChI=1S/C18H24N4O2/c1-2-16-14-24-11-10-22(16)18(23)20-12-17-19-8-9-21(17)13-15-6-4-3-5-7-15/h3-9,16H,2,10-14H2,1H3,(H,20,23)/t16-/m0/s1. The number of imidazole rings is 1. The predicted octanol–water partition coefficient (Wildman–Crippen LogP) is 2.25. The Labute approximate surface area is 142 Å². The summed E-state index contributed by atoms with van der Waals surface area (Å²) in [4.78, 5) is 18.7. The second-order valence-corrected chi connectivity index (χ2v) is 5.95. The Morgan fingerprint density at radius 2 is 2.21 bits per heavy atom. The molecule has 1 aliphatic rings. The number of carbonyl (C=O) groups excluding carboxylic acids is 1. The number of carbonyl (C=O) groups is 1. The van der Waals surface area contributed by atoms with Crippen molar-refractivity contribution in [2.45, 2.75) is 32.5 Å². The Morgan fingerprint density at radius 1 is 1.38 bits per heavy atom. The molecule has 0 saturated carbocycles. The van der Waals surface area contributed by atoms with E-state index in [-0.39, 0.29) is 12.1 Å². The molecule has 2 amide bonds. The van der Waals surface area contributed by atoms with Crippen LogP contribution < -0.4 is 5.32 Å². The molecule has 128 valence electrons. The van der Waals surface area contributed by atoms with Gasteiger partial charge >= 0.3 is 6.03 Å². The van der Waals surface area contributed by atoms with Crippen molar-refractivity contribution in [3.05, 3.63) is 54.1 Å². The van der Waals surface area contributed by atoms with E-state index in [0.29, 0.717) is 26.3 Å². The predicted molar refractivity (Wildman–Crippen MR) is 91.6 cm³/mol. The Hall–Kier alpha value is -2.34. The molecule has 24 heavy (non-hydrogen) atoms. The minimum absolute atomic E-state index is 0.0422. The second kappa shape index (κ2) is 7.97. The van der Waals surface area contributed by atoms with Gasteiger partial charge in [-0.05, 0) is 12.0 Å². The maximum Gasteiger partial charge on any atom is 0.318 e. The molecule has 2 heterocycles. The lowest BCUT2D eigenvalue weighted by molar-refractivity contribution is 0.0112. The highest BCUT2D eigenvalue weighted by Crippen LogP contribution is 2.11. The number of nitrogens with one attached hydrogen (secondary N) is 1. The van der Waals surface area contributed by atoms with Gasteiger partial charge in [0.25, 0.3) is 0 Å². The molecule has 0 radical (unpaired) electrons. The van der Waals surface area contributed by atoms with E-state index >= 15 is 0 Å². The van der Waals surface area contributed by atoms with Crippen LogP contribution in [-0.4, -0.2) is 46.3 Å². The summed E-state index contributed by atoms with van der Waals surface area (Å²) in [5, 5.41) is 2.99. The molecule has 0 aliphatic carbocycles. The number of urea groups is 1. The summed E-state index contributed by atoms with van der Waals surface area (Å²) >= 11 is 0. The highest BCUT2D eigenvalue weighted by molar-refractivity contribution is 5.74. The van der Waals surface area contributed by atoms with Crippen molar-refractivity contribution < 1.29 is 9.53 Å². The molecule has 6 heteroatoms. The summed E-state index contributed by atoms with van der Waals surface area (Å²) in [6.45, 7) is 5.11. The normalized spacial score (nSPS) is 17.7. The summed E-state index contributed by atoms with van der Waals surface area (Å²) in [5.74, 6) is 0.855. The van der Waals surface area contributed by atoms with E-state index in [1.165, 1.54) is 5.56 Å². The molecular weight excluding hydrogens is 304 g/mol. The van der Waals surface area contributed by atoms with Crippen LogP contribution in [-0.2, 0) is 17.8 Å². The maximum atomic E-state index is 12.5. The Balaban J connectivity index is 1.59. The van der Waals surface area contributed by atoms with Crippen LogP contribution in [0.4, 0.5) is 4.79 Å². The molecule has 1 fully saturated rings. The quantitative estimate of drug-likeness (QED) is 0.916. The molecule has 1 aromatic carbocycles. The minimum atomic E-state index is -0.0422. The number of ether oxygens (including phenoxy) is 1. The average molecular weight is 328 g/mol. The van der Waals surface area contributed by atoms with Gasteiger partial charge in [0, 0.05) is 25.5 Å². The fraction of sp³-hybridized carbons (Fsp3) is 0.444.